The molecule has 1 unspecified atom stereocenters. The van der Waals surface area contributed by atoms with Crippen molar-refractivity contribution < 1.29 is 18.3 Å². The third-order valence-corrected chi connectivity index (χ3v) is 3.87. The van der Waals surface area contributed by atoms with Crippen LogP contribution in [-0.2, 0) is 6.18 Å². The first-order chi connectivity index (χ1) is 8.86. The number of alkyl halides is 3. The lowest BCUT2D eigenvalue weighted by atomic mass is 9.76. The molecule has 2 rings (SSSR count). The van der Waals surface area contributed by atoms with E-state index >= 15 is 0 Å². The molecule has 1 saturated carbocycles. The van der Waals surface area contributed by atoms with Crippen LogP contribution in [0.2, 0.25) is 0 Å². The molecule has 1 fully saturated rings. The number of aliphatic hydroxyl groups is 1. The van der Waals surface area contributed by atoms with Gasteiger partial charge < -0.3 is 10.4 Å². The van der Waals surface area contributed by atoms with Crippen molar-refractivity contribution in [3.8, 4) is 0 Å². The van der Waals surface area contributed by atoms with Crippen molar-refractivity contribution in [3.05, 3.63) is 35.4 Å². The van der Waals surface area contributed by atoms with Crippen LogP contribution < -0.4 is 5.32 Å². The van der Waals surface area contributed by atoms with E-state index in [1.807, 2.05) is 6.92 Å². The molecule has 1 aromatic rings. The molecule has 0 amide bonds. The minimum Gasteiger partial charge on any atom is -0.394 e. The Labute approximate surface area is 110 Å². The topological polar surface area (TPSA) is 32.3 Å². The normalized spacial score (nSPS) is 19.8. The smallest absolute Gasteiger partial charge is 0.394 e. The molecular weight excluding hydrogens is 255 g/mol. The summed E-state index contributed by atoms with van der Waals surface area (Å²) in [5.74, 6) is 0. The van der Waals surface area contributed by atoms with Crippen molar-refractivity contribution in [3.63, 3.8) is 0 Å². The molecule has 19 heavy (non-hydrogen) atoms. The summed E-state index contributed by atoms with van der Waals surface area (Å²) >= 11 is 0. The van der Waals surface area contributed by atoms with Crippen LogP contribution in [0.25, 0.3) is 0 Å². The summed E-state index contributed by atoms with van der Waals surface area (Å²) < 4.78 is 37.4. The van der Waals surface area contributed by atoms with Crippen molar-refractivity contribution in [2.24, 2.45) is 0 Å². The van der Waals surface area contributed by atoms with Gasteiger partial charge in [0, 0.05) is 11.6 Å². The van der Waals surface area contributed by atoms with Gasteiger partial charge in [-0.15, -0.1) is 0 Å². The molecule has 0 radical (unpaired) electrons. The second-order valence-corrected chi connectivity index (χ2v) is 5.28. The highest BCUT2D eigenvalue weighted by Gasteiger charge is 2.37. The highest BCUT2D eigenvalue weighted by atomic mass is 19.4. The lowest BCUT2D eigenvalue weighted by Crippen LogP contribution is -2.54. The van der Waals surface area contributed by atoms with Gasteiger partial charge in [-0.05, 0) is 43.9 Å². The first-order valence-electron chi connectivity index (χ1n) is 6.42. The van der Waals surface area contributed by atoms with Crippen LogP contribution in [0.4, 0.5) is 13.2 Å². The molecule has 0 bridgehead atoms. The Kier molecular flexibility index (Phi) is 3.87. The van der Waals surface area contributed by atoms with E-state index < -0.39 is 11.7 Å². The van der Waals surface area contributed by atoms with E-state index in [0.29, 0.717) is 0 Å². The molecule has 106 valence electrons. The Hall–Kier alpha value is -1.07. The summed E-state index contributed by atoms with van der Waals surface area (Å²) in [4.78, 5) is 0. The fraction of sp³-hybridized carbons (Fsp3) is 0.571. The highest BCUT2D eigenvalue weighted by molar-refractivity contribution is 5.27. The second-order valence-electron chi connectivity index (χ2n) is 5.28. The zero-order valence-corrected chi connectivity index (χ0v) is 10.8. The monoisotopic (exact) mass is 273 g/mol. The Bertz CT molecular complexity index is 418. The number of rotatable bonds is 4. The van der Waals surface area contributed by atoms with E-state index in [1.165, 1.54) is 12.1 Å². The molecule has 1 aliphatic carbocycles. The minimum atomic E-state index is -4.30. The Morgan fingerprint density at radius 1 is 1.26 bits per heavy atom. The number of hydrogen-bond donors (Lipinski definition) is 2. The first kappa shape index (κ1) is 14.3. The van der Waals surface area contributed by atoms with E-state index in [0.717, 1.165) is 37.0 Å². The van der Waals surface area contributed by atoms with E-state index in [2.05, 4.69) is 5.32 Å². The van der Waals surface area contributed by atoms with Crippen molar-refractivity contribution in [1.82, 2.24) is 5.32 Å². The van der Waals surface area contributed by atoms with Gasteiger partial charge in [0.1, 0.15) is 0 Å². The average molecular weight is 273 g/mol. The molecular formula is C14H18F3NO. The van der Waals surface area contributed by atoms with Gasteiger partial charge >= 0.3 is 6.18 Å². The van der Waals surface area contributed by atoms with E-state index in [4.69, 9.17) is 0 Å². The van der Waals surface area contributed by atoms with Crippen LogP contribution in [0.1, 0.15) is 43.4 Å². The van der Waals surface area contributed by atoms with Gasteiger partial charge in [0.25, 0.3) is 0 Å². The predicted octanol–water partition coefficient (Wildman–Crippen LogP) is 3.27. The maximum atomic E-state index is 12.5. The van der Waals surface area contributed by atoms with Crippen LogP contribution in [0.3, 0.4) is 0 Å². The molecule has 0 aromatic heterocycles. The van der Waals surface area contributed by atoms with Crippen LogP contribution in [0, 0.1) is 0 Å². The van der Waals surface area contributed by atoms with Crippen LogP contribution in [0.5, 0.6) is 0 Å². The van der Waals surface area contributed by atoms with Crippen LogP contribution >= 0.6 is 0 Å². The number of nitrogens with one attached hydrogen (secondary N) is 1. The van der Waals surface area contributed by atoms with E-state index in [-0.39, 0.29) is 18.2 Å². The standard InChI is InChI=1S/C14H18F3NO/c1-10(18-13(9-19)7-2-8-13)11-3-5-12(6-4-11)14(15,16)17/h3-6,10,18-19H,2,7-9H2,1H3. The molecule has 0 saturated heterocycles. The Balaban J connectivity index is 2.05. The zero-order chi connectivity index (χ0) is 14.1. The molecule has 0 heterocycles. The summed E-state index contributed by atoms with van der Waals surface area (Å²) in [6.07, 6.45) is -1.40. The Morgan fingerprint density at radius 3 is 2.21 bits per heavy atom. The number of hydrogen-bond acceptors (Lipinski definition) is 2. The fourth-order valence-electron chi connectivity index (χ4n) is 2.46. The number of benzene rings is 1. The quantitative estimate of drug-likeness (QED) is 0.882. The van der Waals surface area contributed by atoms with E-state index in [1.54, 1.807) is 0 Å². The van der Waals surface area contributed by atoms with E-state index in [9.17, 15) is 18.3 Å². The molecule has 2 N–H and O–H groups in total. The fourth-order valence-corrected chi connectivity index (χ4v) is 2.46. The van der Waals surface area contributed by atoms with Crippen LogP contribution in [0.15, 0.2) is 24.3 Å². The second kappa shape index (κ2) is 5.13. The SMILES string of the molecule is CC(NC1(CO)CCC1)c1ccc(C(F)(F)F)cc1. The largest absolute Gasteiger partial charge is 0.416 e. The lowest BCUT2D eigenvalue weighted by Gasteiger charge is -2.43. The maximum absolute atomic E-state index is 12.5. The molecule has 5 heteroatoms. The first-order valence-corrected chi connectivity index (χ1v) is 6.42. The summed E-state index contributed by atoms with van der Waals surface area (Å²) in [5, 5.41) is 12.7. The van der Waals surface area contributed by atoms with Gasteiger partial charge in [0.2, 0.25) is 0 Å². The number of aliphatic hydroxyl groups excluding tert-OH is 1. The summed E-state index contributed by atoms with van der Waals surface area (Å²) in [5.41, 5.74) is -0.0843. The van der Waals surface area contributed by atoms with Crippen molar-refractivity contribution in [1.29, 1.82) is 0 Å². The summed E-state index contributed by atoms with van der Waals surface area (Å²) in [6.45, 7) is 1.97. The predicted molar refractivity (Wildman–Crippen MR) is 66.7 cm³/mol. The van der Waals surface area contributed by atoms with Crippen molar-refractivity contribution >= 4 is 0 Å². The molecule has 0 spiro atoms. The molecule has 1 aliphatic rings. The summed E-state index contributed by atoms with van der Waals surface area (Å²) in [7, 11) is 0. The highest BCUT2D eigenvalue weighted by Crippen LogP contribution is 2.34. The molecule has 2 nitrogen and oxygen atoms in total. The Morgan fingerprint density at radius 2 is 1.84 bits per heavy atom. The third kappa shape index (κ3) is 3.09. The number of halogens is 3. The molecule has 1 aromatic carbocycles. The van der Waals surface area contributed by atoms with Gasteiger partial charge in [0.15, 0.2) is 0 Å². The molecule has 1 atom stereocenters. The van der Waals surface area contributed by atoms with Gasteiger partial charge in [-0.2, -0.15) is 13.2 Å². The van der Waals surface area contributed by atoms with Gasteiger partial charge in [-0.3, -0.25) is 0 Å². The van der Waals surface area contributed by atoms with Gasteiger partial charge in [0.05, 0.1) is 12.2 Å². The summed E-state index contributed by atoms with van der Waals surface area (Å²) in [6, 6.07) is 5.10. The van der Waals surface area contributed by atoms with Crippen molar-refractivity contribution in [2.75, 3.05) is 6.61 Å². The van der Waals surface area contributed by atoms with Gasteiger partial charge in [-0.1, -0.05) is 12.1 Å². The van der Waals surface area contributed by atoms with Crippen LogP contribution in [-0.4, -0.2) is 17.3 Å². The maximum Gasteiger partial charge on any atom is 0.416 e. The lowest BCUT2D eigenvalue weighted by molar-refractivity contribution is -0.137. The average Bonchev–Trinajstić information content (AvgIpc) is 2.32. The van der Waals surface area contributed by atoms with Crippen molar-refractivity contribution in [2.45, 2.75) is 43.9 Å². The minimum absolute atomic E-state index is 0.0674. The zero-order valence-electron chi connectivity index (χ0n) is 10.8. The third-order valence-electron chi connectivity index (χ3n) is 3.87. The van der Waals surface area contributed by atoms with Gasteiger partial charge in [-0.25, -0.2) is 0 Å². The molecule has 0 aliphatic heterocycles.